The Labute approximate surface area is 150 Å². The van der Waals surface area contributed by atoms with Crippen molar-refractivity contribution < 1.29 is 62.6 Å². The Hall–Kier alpha value is 0.892. The Morgan fingerprint density at radius 2 is 1.94 bits per heavy atom. The van der Waals surface area contributed by atoms with Crippen molar-refractivity contribution in [1.82, 2.24) is 0 Å². The van der Waals surface area contributed by atoms with E-state index in [-0.39, 0.29) is 59.5 Å². The molecule has 0 aromatic heterocycles. The van der Waals surface area contributed by atoms with E-state index in [1.165, 1.54) is 0 Å². The monoisotopic (exact) mass is 518 g/mol. The first-order valence-corrected chi connectivity index (χ1v) is 6.52. The minimum absolute atomic E-state index is 0. The van der Waals surface area contributed by atoms with Crippen LogP contribution in [0.25, 0.3) is 0 Å². The molecule has 0 aliphatic rings. The van der Waals surface area contributed by atoms with Crippen LogP contribution in [-0.4, -0.2) is 11.6 Å². The van der Waals surface area contributed by atoms with Crippen molar-refractivity contribution in [2.24, 2.45) is 0 Å². The maximum Gasteiger partial charge on any atom is 0.0105 e. The molecule has 2 N–H and O–H groups in total. The predicted octanol–water partition coefficient (Wildman–Crippen LogP) is 3.89. The molecule has 18 heavy (non-hydrogen) atoms. The second-order valence-corrected chi connectivity index (χ2v) is 4.63. The van der Waals surface area contributed by atoms with Gasteiger partial charge in [-0.2, -0.15) is 12.1 Å². The molecule has 0 heterocycles. The molecular formula is C12H17F2NSWY-2. The average molecular weight is 518 g/mol. The summed E-state index contributed by atoms with van der Waals surface area (Å²) >= 11 is 0. The van der Waals surface area contributed by atoms with Crippen LogP contribution in [0, 0.1) is 19.4 Å². The molecule has 1 nitrogen and oxygen atoms in total. The van der Waals surface area contributed by atoms with Gasteiger partial charge in [-0.1, -0.05) is 38.1 Å². The summed E-state index contributed by atoms with van der Waals surface area (Å²) in [6.07, 6.45) is -1.60. The predicted molar refractivity (Wildman–Crippen MR) is 69.1 cm³/mol. The number of hydrogen-bond acceptors (Lipinski definition) is 1. The minimum Gasteiger partial charge on any atom is -0.420 e. The number of benzene rings is 1. The van der Waals surface area contributed by atoms with E-state index in [1.54, 1.807) is 12.1 Å². The first-order chi connectivity index (χ1) is 7.50. The van der Waals surface area contributed by atoms with Crippen LogP contribution < -0.4 is 5.73 Å². The Morgan fingerprint density at radius 1 is 1.44 bits per heavy atom. The second-order valence-electron chi connectivity index (χ2n) is 2.91. The quantitative estimate of drug-likeness (QED) is 0.367. The number of aryl methyl sites for hydroxylation is 1. The number of nitrogen functional groups attached to an aromatic ring is 1. The van der Waals surface area contributed by atoms with E-state index < -0.39 is 16.9 Å². The molecule has 1 atom stereocenters. The summed E-state index contributed by atoms with van der Waals surface area (Å²) in [5, 5.41) is 0. The van der Waals surface area contributed by atoms with Crippen molar-refractivity contribution in [3.05, 3.63) is 30.2 Å². The summed E-state index contributed by atoms with van der Waals surface area (Å²) < 4.78 is 24.0. The Balaban J connectivity index is -0.000000534. The van der Waals surface area contributed by atoms with E-state index in [9.17, 15) is 8.78 Å². The zero-order chi connectivity index (χ0) is 12.7. The van der Waals surface area contributed by atoms with Gasteiger partial charge in [0.15, 0.2) is 0 Å². The van der Waals surface area contributed by atoms with E-state index in [4.69, 9.17) is 5.73 Å². The Bertz CT molecular complexity index is 362. The van der Waals surface area contributed by atoms with Crippen molar-refractivity contribution in [2.75, 3.05) is 11.5 Å². The summed E-state index contributed by atoms with van der Waals surface area (Å²) in [6.45, 7) is 5.85. The van der Waals surface area contributed by atoms with Crippen molar-refractivity contribution in [3.8, 4) is 0 Å². The average Bonchev–Trinajstić information content (AvgIpc) is 2.24. The molecule has 0 saturated carbocycles. The molecule has 101 valence electrons. The summed E-state index contributed by atoms with van der Waals surface area (Å²) in [6, 6.07) is 6.27. The summed E-state index contributed by atoms with van der Waals surface area (Å²) in [4.78, 5) is 0.654. The van der Waals surface area contributed by atoms with Crippen LogP contribution in [0.15, 0.2) is 17.0 Å². The maximum atomic E-state index is 12.0. The first kappa shape index (κ1) is 23.9. The van der Waals surface area contributed by atoms with E-state index in [1.807, 2.05) is 20.8 Å². The van der Waals surface area contributed by atoms with Crippen LogP contribution in [0.2, 0.25) is 0 Å². The largest absolute Gasteiger partial charge is 0.420 e. The van der Waals surface area contributed by atoms with Gasteiger partial charge in [0.25, 0.3) is 0 Å². The topological polar surface area (TPSA) is 26.0 Å². The number of nitrogens with two attached hydrogens (primary N) is 1. The van der Waals surface area contributed by atoms with Crippen LogP contribution in [0.3, 0.4) is 0 Å². The van der Waals surface area contributed by atoms with Gasteiger partial charge >= 0.3 is 0 Å². The van der Waals surface area contributed by atoms with E-state index in [2.05, 4.69) is 11.9 Å². The molecule has 0 amide bonds. The molecule has 0 aliphatic carbocycles. The second kappa shape index (κ2) is 12.9. The molecular weight excluding hydrogens is 501 g/mol. The summed E-state index contributed by atoms with van der Waals surface area (Å²) in [5.74, 6) is 3.35. The van der Waals surface area contributed by atoms with Gasteiger partial charge in [0.2, 0.25) is 0 Å². The van der Waals surface area contributed by atoms with E-state index >= 15 is 0 Å². The molecule has 6 heteroatoms. The number of rotatable bonds is 3. The molecule has 0 aliphatic heterocycles. The molecule has 0 bridgehead atoms. The zero-order valence-electron chi connectivity index (χ0n) is 10.8. The van der Waals surface area contributed by atoms with Gasteiger partial charge in [-0.15, -0.1) is 16.5 Å². The van der Waals surface area contributed by atoms with Crippen molar-refractivity contribution in [3.63, 3.8) is 0 Å². The summed E-state index contributed by atoms with van der Waals surface area (Å²) in [5.41, 5.74) is 7.15. The van der Waals surface area contributed by atoms with Crippen LogP contribution in [0.5, 0.6) is 0 Å². The Morgan fingerprint density at radius 3 is 2.33 bits per heavy atom. The fourth-order valence-corrected chi connectivity index (χ4v) is 1.87. The molecule has 1 aromatic carbocycles. The van der Waals surface area contributed by atoms with E-state index in [0.717, 1.165) is 5.56 Å². The van der Waals surface area contributed by atoms with Gasteiger partial charge < -0.3 is 14.5 Å². The number of anilines is 1. The first-order valence-electron chi connectivity index (χ1n) is 4.96. The van der Waals surface area contributed by atoms with Gasteiger partial charge in [-0.3, -0.25) is 0 Å². The standard InChI is InChI=1S/C10H11F2NS.C2H6.W.Y/c1-7-3-4-8(5-9(7)13)14(2)6-10(11)12;1-2;;/h3,5H,2,6,13H2,1H3;1-2H3;;/q-2;;;. The van der Waals surface area contributed by atoms with Crippen LogP contribution >= 0.6 is 10.5 Å². The van der Waals surface area contributed by atoms with Gasteiger partial charge in [-0.05, 0) is 0 Å². The fraction of sp³-hybridized carbons (Fsp3) is 0.333. The number of halogens is 2. The van der Waals surface area contributed by atoms with Gasteiger partial charge in [-0.25, -0.2) is 10.5 Å². The molecule has 1 rings (SSSR count). The van der Waals surface area contributed by atoms with E-state index in [0.29, 0.717) is 10.6 Å². The molecule has 0 spiro atoms. The third-order valence-corrected chi connectivity index (χ3v) is 3.19. The summed E-state index contributed by atoms with van der Waals surface area (Å²) in [7, 11) is -0.755. The Kier molecular flexibility index (Phi) is 17.2. The van der Waals surface area contributed by atoms with Gasteiger partial charge in [0, 0.05) is 60.2 Å². The molecule has 0 saturated heterocycles. The number of hydrogen-bond donors (Lipinski definition) is 1. The van der Waals surface area contributed by atoms with Crippen molar-refractivity contribution in [2.45, 2.75) is 25.7 Å². The molecule has 0 fully saturated rings. The van der Waals surface area contributed by atoms with Crippen LogP contribution in [0.1, 0.15) is 19.4 Å². The van der Waals surface area contributed by atoms with Gasteiger partial charge in [0.05, 0.1) is 0 Å². The molecule has 1 aromatic rings. The van der Waals surface area contributed by atoms with Crippen LogP contribution in [0.4, 0.5) is 14.5 Å². The molecule has 1 radical (unpaired) electrons. The minimum atomic E-state index is -1.60. The van der Waals surface area contributed by atoms with Crippen LogP contribution in [-0.2, 0) is 53.8 Å². The zero-order valence-corrected chi connectivity index (χ0v) is 17.4. The van der Waals surface area contributed by atoms with Crippen molar-refractivity contribution >= 4 is 22.0 Å². The molecule has 1 unspecified atom stereocenters. The smallest absolute Gasteiger partial charge is 0.0105 e. The SMILES string of the molecule is C=S(C[C-](F)F)c1[c-]cc(C)c(N)c1.CC.[W].[Y]. The van der Waals surface area contributed by atoms with Gasteiger partial charge in [0.1, 0.15) is 0 Å². The fourth-order valence-electron chi connectivity index (χ4n) is 0.936. The normalized spacial score (nSPS) is 10.6. The van der Waals surface area contributed by atoms with Crippen molar-refractivity contribution in [1.29, 1.82) is 0 Å². The maximum absolute atomic E-state index is 12.0. The third kappa shape index (κ3) is 8.90. The third-order valence-electron chi connectivity index (χ3n) is 1.77.